The molecule has 2 amide bonds. The van der Waals surface area contributed by atoms with Crippen LogP contribution in [0.25, 0.3) is 0 Å². The number of hydrogen-bond acceptors (Lipinski definition) is 4. The Morgan fingerprint density at radius 2 is 2.00 bits per heavy atom. The van der Waals surface area contributed by atoms with E-state index in [0.29, 0.717) is 17.4 Å². The van der Waals surface area contributed by atoms with Gasteiger partial charge < -0.3 is 10.1 Å². The zero-order valence-electron chi connectivity index (χ0n) is 15.5. The molecule has 6 nitrogen and oxygen atoms in total. The molecule has 0 spiro atoms. The Hall–Kier alpha value is -2.38. The third-order valence-corrected chi connectivity index (χ3v) is 4.86. The third kappa shape index (κ3) is 6.65. The van der Waals surface area contributed by atoms with Crippen molar-refractivity contribution in [2.75, 3.05) is 0 Å². The lowest BCUT2D eigenvalue weighted by molar-refractivity contribution is -0.139. The fourth-order valence-electron chi connectivity index (χ4n) is 2.09. The molecule has 0 aromatic heterocycles. The standard InChI is InChI=1S/C20H21BrClN3O3/c1-3-13(2)24-19(26)20(27)25-23-11-14-8-9-18(16(21)10-14)28-12-15-6-4-5-7-17(15)22/h4-11,13H,3,12H2,1-2H3,(H,24,26)(H,25,27)/b23-11-/t13-/m1/s1. The van der Waals surface area contributed by atoms with E-state index in [2.05, 4.69) is 31.8 Å². The van der Waals surface area contributed by atoms with E-state index in [-0.39, 0.29) is 6.04 Å². The second kappa shape index (κ2) is 10.8. The van der Waals surface area contributed by atoms with E-state index < -0.39 is 11.8 Å². The van der Waals surface area contributed by atoms with Gasteiger partial charge in [0.25, 0.3) is 0 Å². The number of benzene rings is 2. The van der Waals surface area contributed by atoms with Crippen LogP contribution >= 0.6 is 27.5 Å². The quantitative estimate of drug-likeness (QED) is 0.367. The summed E-state index contributed by atoms with van der Waals surface area (Å²) in [5, 5.41) is 7.02. The highest BCUT2D eigenvalue weighted by Crippen LogP contribution is 2.27. The van der Waals surface area contributed by atoms with Gasteiger partial charge in [-0.1, -0.05) is 36.7 Å². The molecule has 8 heteroatoms. The molecule has 0 aliphatic carbocycles. The van der Waals surface area contributed by atoms with Crippen molar-refractivity contribution in [3.8, 4) is 5.75 Å². The highest BCUT2D eigenvalue weighted by molar-refractivity contribution is 9.10. The van der Waals surface area contributed by atoms with Crippen molar-refractivity contribution in [3.63, 3.8) is 0 Å². The minimum absolute atomic E-state index is 0.0727. The Morgan fingerprint density at radius 1 is 1.25 bits per heavy atom. The second-order valence-corrected chi connectivity index (χ2v) is 7.31. The molecule has 2 aromatic rings. The van der Waals surface area contributed by atoms with Crippen LogP contribution in [0.3, 0.4) is 0 Å². The summed E-state index contributed by atoms with van der Waals surface area (Å²) in [6.45, 7) is 4.08. The first-order valence-electron chi connectivity index (χ1n) is 8.70. The summed E-state index contributed by atoms with van der Waals surface area (Å²) in [5.74, 6) is -0.875. The largest absolute Gasteiger partial charge is 0.488 e. The van der Waals surface area contributed by atoms with Gasteiger partial charge in [-0.05, 0) is 59.1 Å². The number of carbonyl (C=O) groups is 2. The van der Waals surface area contributed by atoms with Crippen LogP contribution in [0.4, 0.5) is 0 Å². The van der Waals surface area contributed by atoms with Gasteiger partial charge in [-0.3, -0.25) is 9.59 Å². The lowest BCUT2D eigenvalue weighted by Crippen LogP contribution is -2.41. The molecule has 2 aromatic carbocycles. The van der Waals surface area contributed by atoms with E-state index in [9.17, 15) is 9.59 Å². The number of hydrogen-bond donors (Lipinski definition) is 2. The van der Waals surface area contributed by atoms with Crippen LogP contribution < -0.4 is 15.5 Å². The fraction of sp³-hybridized carbons (Fsp3) is 0.250. The van der Waals surface area contributed by atoms with Gasteiger partial charge in [-0.2, -0.15) is 5.10 Å². The Bertz CT molecular complexity index is 874. The number of nitrogens with zero attached hydrogens (tertiary/aromatic N) is 1. The molecule has 2 N–H and O–H groups in total. The van der Waals surface area contributed by atoms with Crippen LogP contribution in [0.2, 0.25) is 5.02 Å². The number of rotatable bonds is 7. The van der Waals surface area contributed by atoms with Crippen molar-refractivity contribution in [2.24, 2.45) is 5.10 Å². The lowest BCUT2D eigenvalue weighted by atomic mass is 10.2. The predicted octanol–water partition coefficient (Wildman–Crippen LogP) is 4.05. The van der Waals surface area contributed by atoms with Gasteiger partial charge >= 0.3 is 11.8 Å². The summed E-state index contributed by atoms with van der Waals surface area (Å²) in [6.07, 6.45) is 2.18. The van der Waals surface area contributed by atoms with Crippen molar-refractivity contribution < 1.29 is 14.3 Å². The molecule has 28 heavy (non-hydrogen) atoms. The Morgan fingerprint density at radius 3 is 2.68 bits per heavy atom. The molecule has 0 unspecified atom stereocenters. The van der Waals surface area contributed by atoms with Crippen LogP contribution in [0.15, 0.2) is 52.0 Å². The van der Waals surface area contributed by atoms with E-state index in [0.717, 1.165) is 22.0 Å². The van der Waals surface area contributed by atoms with Crippen molar-refractivity contribution >= 4 is 45.6 Å². The molecule has 0 saturated carbocycles. The first kappa shape index (κ1) is 21.9. The zero-order chi connectivity index (χ0) is 20.5. The van der Waals surface area contributed by atoms with Gasteiger partial charge in [0.2, 0.25) is 0 Å². The van der Waals surface area contributed by atoms with Gasteiger partial charge in [0.05, 0.1) is 10.7 Å². The van der Waals surface area contributed by atoms with Crippen LogP contribution in [0.1, 0.15) is 31.4 Å². The SMILES string of the molecule is CC[C@@H](C)NC(=O)C(=O)N/N=C\c1ccc(OCc2ccccc2Cl)c(Br)c1. The number of ether oxygens (including phenoxy) is 1. The van der Waals surface area contributed by atoms with E-state index in [1.165, 1.54) is 6.21 Å². The van der Waals surface area contributed by atoms with Gasteiger partial charge in [0.15, 0.2) is 0 Å². The number of nitrogens with one attached hydrogen (secondary N) is 2. The monoisotopic (exact) mass is 465 g/mol. The zero-order valence-corrected chi connectivity index (χ0v) is 17.9. The van der Waals surface area contributed by atoms with E-state index >= 15 is 0 Å². The maximum Gasteiger partial charge on any atom is 0.329 e. The van der Waals surface area contributed by atoms with E-state index in [1.807, 2.05) is 38.1 Å². The topological polar surface area (TPSA) is 79.8 Å². The number of carbonyl (C=O) groups excluding carboxylic acids is 2. The lowest BCUT2D eigenvalue weighted by Gasteiger charge is -2.10. The highest BCUT2D eigenvalue weighted by atomic mass is 79.9. The van der Waals surface area contributed by atoms with E-state index in [4.69, 9.17) is 16.3 Å². The van der Waals surface area contributed by atoms with Crippen LogP contribution in [-0.4, -0.2) is 24.1 Å². The molecule has 0 aliphatic rings. The first-order chi connectivity index (χ1) is 13.4. The molecular formula is C20H21BrClN3O3. The highest BCUT2D eigenvalue weighted by Gasteiger charge is 2.14. The molecule has 0 aliphatic heterocycles. The second-order valence-electron chi connectivity index (χ2n) is 6.05. The summed E-state index contributed by atoms with van der Waals surface area (Å²) >= 11 is 9.57. The summed E-state index contributed by atoms with van der Waals surface area (Å²) < 4.78 is 6.51. The average Bonchev–Trinajstić information content (AvgIpc) is 2.68. The molecule has 0 saturated heterocycles. The van der Waals surface area contributed by atoms with Crippen molar-refractivity contribution in [1.29, 1.82) is 0 Å². The van der Waals surface area contributed by atoms with Gasteiger partial charge in [0.1, 0.15) is 12.4 Å². The summed E-state index contributed by atoms with van der Waals surface area (Å²) in [4.78, 5) is 23.3. The van der Waals surface area contributed by atoms with Crippen molar-refractivity contribution in [1.82, 2.24) is 10.7 Å². The molecule has 1 atom stereocenters. The normalized spacial score (nSPS) is 11.9. The van der Waals surface area contributed by atoms with Crippen molar-refractivity contribution in [3.05, 3.63) is 63.1 Å². The molecular weight excluding hydrogens is 446 g/mol. The summed E-state index contributed by atoms with van der Waals surface area (Å²) in [6, 6.07) is 12.7. The Labute approximate surface area is 177 Å². The number of hydrazone groups is 1. The smallest absolute Gasteiger partial charge is 0.329 e. The number of halogens is 2. The minimum atomic E-state index is -0.810. The van der Waals surface area contributed by atoms with Gasteiger partial charge in [-0.15, -0.1) is 0 Å². The van der Waals surface area contributed by atoms with Crippen LogP contribution in [0, 0.1) is 0 Å². The minimum Gasteiger partial charge on any atom is -0.488 e. The molecule has 0 heterocycles. The molecule has 0 fully saturated rings. The first-order valence-corrected chi connectivity index (χ1v) is 9.87. The summed E-state index contributed by atoms with van der Waals surface area (Å²) in [7, 11) is 0. The third-order valence-electron chi connectivity index (χ3n) is 3.87. The molecule has 148 valence electrons. The Balaban J connectivity index is 1.91. The van der Waals surface area contributed by atoms with Gasteiger partial charge in [0, 0.05) is 16.6 Å². The molecule has 2 rings (SSSR count). The maximum absolute atomic E-state index is 11.7. The summed E-state index contributed by atoms with van der Waals surface area (Å²) in [5.41, 5.74) is 3.82. The number of amides is 2. The Kier molecular flexibility index (Phi) is 8.47. The van der Waals surface area contributed by atoms with Gasteiger partial charge in [-0.25, -0.2) is 5.43 Å². The van der Waals surface area contributed by atoms with Crippen molar-refractivity contribution in [2.45, 2.75) is 32.9 Å². The molecule has 0 bridgehead atoms. The van der Waals surface area contributed by atoms with E-state index in [1.54, 1.807) is 18.2 Å². The maximum atomic E-state index is 11.7. The van der Waals surface area contributed by atoms with Crippen LogP contribution in [0.5, 0.6) is 5.75 Å². The average molecular weight is 467 g/mol. The predicted molar refractivity (Wildman–Crippen MR) is 114 cm³/mol. The van der Waals surface area contributed by atoms with Crippen LogP contribution in [-0.2, 0) is 16.2 Å². The molecule has 0 radical (unpaired) electrons. The fourth-order valence-corrected chi connectivity index (χ4v) is 2.79.